The van der Waals surface area contributed by atoms with Gasteiger partial charge in [-0.1, -0.05) is 73.4 Å². The van der Waals surface area contributed by atoms with Crippen molar-refractivity contribution in [2.24, 2.45) is 5.41 Å². The molecule has 0 fully saturated rings. The minimum Gasteiger partial charge on any atom is -1.00 e. The Labute approximate surface area is 189 Å². The number of fused-ring (bicyclic) bond motifs is 3. The Hall–Kier alpha value is -0.617. The summed E-state index contributed by atoms with van der Waals surface area (Å²) >= 11 is 0. The molecule has 0 saturated heterocycles. The first kappa shape index (κ1) is 23.4. The van der Waals surface area contributed by atoms with Gasteiger partial charge >= 0.3 is 26.2 Å². The van der Waals surface area contributed by atoms with Gasteiger partial charge in [-0.15, -0.1) is 11.1 Å². The van der Waals surface area contributed by atoms with Gasteiger partial charge in [0, 0.05) is 5.92 Å². The minimum atomic E-state index is 0. The minimum absolute atomic E-state index is 0. The van der Waals surface area contributed by atoms with Crippen molar-refractivity contribution in [2.75, 3.05) is 0 Å². The molecule has 3 heteroatoms. The third-order valence-electron chi connectivity index (χ3n) is 5.33. The van der Waals surface area contributed by atoms with Gasteiger partial charge in [0.25, 0.3) is 0 Å². The Bertz CT molecular complexity index is 811. The fourth-order valence-electron chi connectivity index (χ4n) is 4.00. The average molecular weight is 462 g/mol. The van der Waals surface area contributed by atoms with Crippen LogP contribution in [0.2, 0.25) is 0 Å². The summed E-state index contributed by atoms with van der Waals surface area (Å²) in [5.41, 5.74) is 10.3. The van der Waals surface area contributed by atoms with Gasteiger partial charge in [0.2, 0.25) is 0 Å². The van der Waals surface area contributed by atoms with Crippen molar-refractivity contribution in [1.82, 2.24) is 0 Å². The number of halogens is 2. The van der Waals surface area contributed by atoms with Crippen molar-refractivity contribution in [3.63, 3.8) is 0 Å². The molecule has 0 spiro atoms. The van der Waals surface area contributed by atoms with E-state index in [9.17, 15) is 0 Å². The summed E-state index contributed by atoms with van der Waals surface area (Å²) in [7, 11) is 0. The molecular weight excluding hydrogens is 438 g/mol. The van der Waals surface area contributed by atoms with E-state index in [0.717, 1.165) is 6.42 Å². The Morgan fingerprint density at radius 2 is 1.62 bits per heavy atom. The van der Waals surface area contributed by atoms with E-state index in [-0.39, 0.29) is 56.4 Å². The molecule has 26 heavy (non-hydrogen) atoms. The summed E-state index contributed by atoms with van der Waals surface area (Å²) in [4.78, 5) is 0. The largest absolute Gasteiger partial charge is 3.00 e. The average Bonchev–Trinajstić information content (AvgIpc) is 3.05. The van der Waals surface area contributed by atoms with Crippen LogP contribution in [-0.2, 0) is 26.2 Å². The number of allylic oxidation sites excluding steroid dienone is 4. The standard InChI is InChI=1S/C23H23.2ClH.Zr/c1-15-13-16(23(2,3)4)14-21(15)22-19-11-7-5-9-17(19)18-10-6-8-12-20(18)22;;;/h5-11,13,22H,14H2,1-4H3;2*1H;/q-1;;;+3/p-2. The normalized spacial score (nSPS) is 17.4. The van der Waals surface area contributed by atoms with E-state index in [1.165, 1.54) is 27.8 Å². The maximum absolute atomic E-state index is 3.54. The molecule has 0 heterocycles. The molecule has 1 unspecified atom stereocenters. The van der Waals surface area contributed by atoms with Gasteiger partial charge in [-0.05, 0) is 24.3 Å². The van der Waals surface area contributed by atoms with Crippen LogP contribution in [0.4, 0.5) is 0 Å². The molecule has 0 aromatic heterocycles. The van der Waals surface area contributed by atoms with E-state index in [1.807, 2.05) is 0 Å². The summed E-state index contributed by atoms with van der Waals surface area (Å²) < 4.78 is 0. The molecule has 0 amide bonds. The Kier molecular flexibility index (Phi) is 7.74. The molecule has 2 aromatic rings. The van der Waals surface area contributed by atoms with Gasteiger partial charge in [-0.2, -0.15) is 24.3 Å². The van der Waals surface area contributed by atoms with E-state index in [4.69, 9.17) is 0 Å². The fourth-order valence-corrected chi connectivity index (χ4v) is 4.00. The maximum atomic E-state index is 3.54. The SMILES string of the molecule is CC1=C(C2c3[c-]cccc3-c3ccccc32)CC(C(C)(C)C)=C1.[Cl-].[Cl-].[Zr+3]. The van der Waals surface area contributed by atoms with Crippen LogP contribution < -0.4 is 24.8 Å². The summed E-state index contributed by atoms with van der Waals surface area (Å²) in [6.07, 6.45) is 3.51. The van der Waals surface area contributed by atoms with Crippen LogP contribution in [0.15, 0.2) is 65.3 Å². The molecule has 1 radical (unpaired) electrons. The van der Waals surface area contributed by atoms with Gasteiger partial charge < -0.3 is 24.8 Å². The van der Waals surface area contributed by atoms with Crippen LogP contribution in [0, 0.1) is 11.5 Å². The molecule has 2 aliphatic rings. The number of hydrogen-bond donors (Lipinski definition) is 0. The quantitative estimate of drug-likeness (QED) is 0.536. The monoisotopic (exact) mass is 459 g/mol. The topological polar surface area (TPSA) is 0 Å². The number of benzene rings is 2. The molecule has 0 bridgehead atoms. The third-order valence-corrected chi connectivity index (χ3v) is 5.33. The number of hydrogen-bond acceptors (Lipinski definition) is 0. The Balaban J connectivity index is 0.00000113. The summed E-state index contributed by atoms with van der Waals surface area (Å²) in [6, 6.07) is 18.8. The van der Waals surface area contributed by atoms with Crippen molar-refractivity contribution < 1.29 is 51.0 Å². The zero-order chi connectivity index (χ0) is 16.2. The maximum Gasteiger partial charge on any atom is 3.00 e. The van der Waals surface area contributed by atoms with E-state index in [2.05, 4.69) is 82.3 Å². The molecule has 0 saturated carbocycles. The van der Waals surface area contributed by atoms with E-state index in [1.54, 1.807) is 11.1 Å². The van der Waals surface area contributed by atoms with Crippen molar-refractivity contribution in [2.45, 2.75) is 40.0 Å². The van der Waals surface area contributed by atoms with Crippen molar-refractivity contribution in [3.05, 3.63) is 82.5 Å². The zero-order valence-electron chi connectivity index (χ0n) is 15.7. The van der Waals surface area contributed by atoms with Crippen molar-refractivity contribution in [3.8, 4) is 11.1 Å². The second-order valence-electron chi connectivity index (χ2n) is 7.82. The first-order chi connectivity index (χ1) is 11.0. The fraction of sp³-hybridized carbons (Fsp3) is 0.304. The molecule has 2 aromatic carbocycles. The summed E-state index contributed by atoms with van der Waals surface area (Å²) in [6.45, 7) is 9.23. The predicted octanol–water partition coefficient (Wildman–Crippen LogP) is 0.297. The third kappa shape index (κ3) is 3.82. The zero-order valence-corrected chi connectivity index (χ0v) is 19.6. The summed E-state index contributed by atoms with van der Waals surface area (Å²) in [5.74, 6) is 0.374. The molecule has 0 nitrogen and oxygen atoms in total. The predicted molar refractivity (Wildman–Crippen MR) is 97.4 cm³/mol. The molecule has 0 N–H and O–H groups in total. The Morgan fingerprint density at radius 3 is 2.27 bits per heavy atom. The van der Waals surface area contributed by atoms with Crippen molar-refractivity contribution >= 4 is 0 Å². The summed E-state index contributed by atoms with van der Waals surface area (Å²) in [5, 5.41) is 0. The number of rotatable bonds is 1. The second kappa shape index (κ2) is 8.60. The molecule has 4 rings (SSSR count). The van der Waals surface area contributed by atoms with Gasteiger partial charge in [0.15, 0.2) is 0 Å². The molecular formula is C23H23Cl2Zr. The smallest absolute Gasteiger partial charge is 1.00 e. The van der Waals surface area contributed by atoms with E-state index >= 15 is 0 Å². The van der Waals surface area contributed by atoms with Crippen LogP contribution in [-0.4, -0.2) is 0 Å². The van der Waals surface area contributed by atoms with E-state index < -0.39 is 0 Å². The van der Waals surface area contributed by atoms with E-state index in [0.29, 0.717) is 5.92 Å². The second-order valence-corrected chi connectivity index (χ2v) is 7.82. The van der Waals surface area contributed by atoms with Crippen LogP contribution in [0.25, 0.3) is 11.1 Å². The van der Waals surface area contributed by atoms with Crippen LogP contribution in [0.3, 0.4) is 0 Å². The Morgan fingerprint density at radius 1 is 0.962 bits per heavy atom. The van der Waals surface area contributed by atoms with Crippen LogP contribution in [0.5, 0.6) is 0 Å². The van der Waals surface area contributed by atoms with Gasteiger partial charge in [0.05, 0.1) is 0 Å². The van der Waals surface area contributed by atoms with Gasteiger partial charge in [0.1, 0.15) is 0 Å². The molecule has 2 aliphatic carbocycles. The van der Waals surface area contributed by atoms with Crippen LogP contribution >= 0.6 is 0 Å². The van der Waals surface area contributed by atoms with Gasteiger partial charge in [-0.25, -0.2) is 0 Å². The van der Waals surface area contributed by atoms with Gasteiger partial charge in [-0.3, -0.25) is 0 Å². The van der Waals surface area contributed by atoms with Crippen LogP contribution in [0.1, 0.15) is 51.2 Å². The first-order valence-electron chi connectivity index (χ1n) is 8.47. The molecule has 1 atom stereocenters. The molecule has 133 valence electrons. The van der Waals surface area contributed by atoms with Crippen molar-refractivity contribution in [1.29, 1.82) is 0 Å². The first-order valence-corrected chi connectivity index (χ1v) is 8.47. The molecule has 0 aliphatic heterocycles.